The van der Waals surface area contributed by atoms with Crippen LogP contribution in [-0.4, -0.2) is 57.6 Å². The van der Waals surface area contributed by atoms with Crippen molar-refractivity contribution in [3.05, 3.63) is 45.9 Å². The second-order valence-corrected chi connectivity index (χ2v) is 8.26. The van der Waals surface area contributed by atoms with Gasteiger partial charge in [0.1, 0.15) is 22.8 Å². The van der Waals surface area contributed by atoms with E-state index >= 15 is 0 Å². The molecule has 30 heavy (non-hydrogen) atoms. The largest absolute Gasteiger partial charge is 0.511 e. The van der Waals surface area contributed by atoms with Crippen molar-refractivity contribution in [3.63, 3.8) is 0 Å². The number of carbonyl (C=O) groups is 3. The summed E-state index contributed by atoms with van der Waals surface area (Å²) in [5, 5.41) is 42.6. The molecular weight excluding hydrogens is 392 g/mol. The van der Waals surface area contributed by atoms with Crippen LogP contribution in [0.4, 0.5) is 5.69 Å². The maximum atomic E-state index is 13.3. The molecule has 0 aromatic heterocycles. The van der Waals surface area contributed by atoms with E-state index in [1.165, 1.54) is 6.07 Å². The molecule has 3 aliphatic rings. The summed E-state index contributed by atoms with van der Waals surface area (Å²) in [6.45, 7) is 0. The van der Waals surface area contributed by atoms with Crippen LogP contribution in [0.15, 0.2) is 34.8 Å². The second kappa shape index (κ2) is 6.33. The molecule has 6 N–H and O–H groups in total. The minimum Gasteiger partial charge on any atom is -0.511 e. The van der Waals surface area contributed by atoms with Crippen LogP contribution in [0.1, 0.15) is 28.8 Å². The number of hydrogen-bond donors (Lipinski definition) is 5. The van der Waals surface area contributed by atoms with E-state index in [4.69, 9.17) is 5.73 Å². The molecule has 0 saturated heterocycles. The Bertz CT molecular complexity index is 1090. The smallest absolute Gasteiger partial charge is 0.255 e. The number of aliphatic hydroxyl groups is 3. The van der Waals surface area contributed by atoms with Gasteiger partial charge in [0, 0.05) is 37.7 Å². The van der Waals surface area contributed by atoms with Crippen molar-refractivity contribution in [1.82, 2.24) is 0 Å². The maximum Gasteiger partial charge on any atom is 0.255 e. The number of phenols is 1. The van der Waals surface area contributed by atoms with E-state index in [1.54, 1.807) is 25.1 Å². The number of aliphatic hydroxyl groups excluding tert-OH is 2. The summed E-state index contributed by atoms with van der Waals surface area (Å²) in [4.78, 5) is 39.6. The van der Waals surface area contributed by atoms with Gasteiger partial charge in [-0.3, -0.25) is 14.4 Å². The van der Waals surface area contributed by atoms with Crippen LogP contribution < -0.4 is 10.6 Å². The summed E-state index contributed by atoms with van der Waals surface area (Å²) >= 11 is 0. The molecule has 1 aromatic carbocycles. The van der Waals surface area contributed by atoms with Gasteiger partial charge in [-0.1, -0.05) is 0 Å². The first-order valence-corrected chi connectivity index (χ1v) is 9.49. The van der Waals surface area contributed by atoms with E-state index in [1.807, 2.05) is 0 Å². The van der Waals surface area contributed by atoms with Gasteiger partial charge in [-0.15, -0.1) is 0 Å². The lowest BCUT2D eigenvalue weighted by atomic mass is 9.60. The highest BCUT2D eigenvalue weighted by molar-refractivity contribution is 6.24. The van der Waals surface area contributed by atoms with E-state index in [0.717, 1.165) is 5.69 Å². The first-order chi connectivity index (χ1) is 14.0. The fourth-order valence-electron chi connectivity index (χ4n) is 5.02. The molecule has 0 spiro atoms. The van der Waals surface area contributed by atoms with Crippen LogP contribution in [0.25, 0.3) is 0 Å². The Labute approximate surface area is 171 Å². The Morgan fingerprint density at radius 3 is 2.43 bits per heavy atom. The predicted molar refractivity (Wildman–Crippen MR) is 105 cm³/mol. The fraction of sp³-hybridized carbons (Fsp3) is 0.381. The van der Waals surface area contributed by atoms with Crippen LogP contribution in [-0.2, 0) is 16.0 Å². The number of phenolic OH excluding ortho intramolecular Hbond substituents is 1. The van der Waals surface area contributed by atoms with E-state index in [9.17, 15) is 34.8 Å². The molecule has 0 fully saturated rings. The summed E-state index contributed by atoms with van der Waals surface area (Å²) in [6, 6.07) is 3.06. The zero-order valence-electron chi connectivity index (χ0n) is 16.5. The molecule has 1 amide bonds. The molecule has 1 aromatic rings. The van der Waals surface area contributed by atoms with Crippen molar-refractivity contribution < 1.29 is 34.8 Å². The van der Waals surface area contributed by atoms with Crippen LogP contribution >= 0.6 is 0 Å². The first-order valence-electron chi connectivity index (χ1n) is 9.49. The van der Waals surface area contributed by atoms with E-state index in [-0.39, 0.29) is 36.1 Å². The number of amides is 1. The topological polar surface area (TPSA) is 161 Å². The monoisotopic (exact) mass is 414 g/mol. The molecule has 0 unspecified atom stereocenters. The van der Waals surface area contributed by atoms with Crippen LogP contribution in [0.5, 0.6) is 5.75 Å². The molecule has 0 radical (unpaired) electrons. The molecule has 9 heteroatoms. The highest BCUT2D eigenvalue weighted by Gasteiger charge is 2.59. The summed E-state index contributed by atoms with van der Waals surface area (Å²) in [7, 11) is 3.60. The van der Waals surface area contributed by atoms with E-state index in [2.05, 4.69) is 0 Å². The SMILES string of the molecule is CN(C)c1ccc(O)c2c1C[C@H]1C[C@H]3CC(O)=C(C(N)=O)C(=O)[C@@]3(O)C(O)=C1C2=O. The average molecular weight is 414 g/mol. The van der Waals surface area contributed by atoms with Gasteiger partial charge in [0.05, 0.1) is 5.56 Å². The predicted octanol–water partition coefficient (Wildman–Crippen LogP) is 0.647. The molecular formula is C21H22N2O7. The molecule has 0 saturated carbocycles. The Kier molecular flexibility index (Phi) is 4.21. The van der Waals surface area contributed by atoms with E-state index < -0.39 is 52.0 Å². The molecule has 9 nitrogen and oxygen atoms in total. The van der Waals surface area contributed by atoms with Gasteiger partial charge in [-0.05, 0) is 36.5 Å². The van der Waals surface area contributed by atoms with Crippen molar-refractivity contribution in [3.8, 4) is 5.75 Å². The van der Waals surface area contributed by atoms with Crippen LogP contribution in [0.2, 0.25) is 0 Å². The molecule has 3 aliphatic carbocycles. The number of fused-ring (bicyclic) bond motifs is 3. The number of primary amides is 1. The van der Waals surface area contributed by atoms with Crippen molar-refractivity contribution in [2.45, 2.75) is 24.9 Å². The lowest BCUT2D eigenvalue weighted by Gasteiger charge is -2.45. The number of Topliss-reactive ketones (excluding diaryl/α,β-unsaturated/α-hetero) is 2. The number of nitrogens with two attached hydrogens (primary N) is 1. The van der Waals surface area contributed by atoms with Gasteiger partial charge in [-0.2, -0.15) is 0 Å². The Hall–Kier alpha value is -3.33. The first kappa shape index (κ1) is 20.0. The molecule has 0 heterocycles. The molecule has 3 atom stereocenters. The molecule has 0 aliphatic heterocycles. The fourth-order valence-corrected chi connectivity index (χ4v) is 5.02. The third-order valence-electron chi connectivity index (χ3n) is 6.40. The minimum atomic E-state index is -2.54. The number of nitrogens with zero attached hydrogens (tertiary/aromatic N) is 1. The lowest BCUT2D eigenvalue weighted by molar-refractivity contribution is -0.144. The number of anilines is 1. The van der Waals surface area contributed by atoms with Crippen molar-refractivity contribution in [2.24, 2.45) is 17.6 Å². The summed E-state index contributed by atoms with van der Waals surface area (Å²) in [5.41, 5.74) is 3.05. The second-order valence-electron chi connectivity index (χ2n) is 8.26. The third kappa shape index (κ3) is 2.41. The van der Waals surface area contributed by atoms with Gasteiger partial charge in [0.25, 0.3) is 5.91 Å². The van der Waals surface area contributed by atoms with Crippen molar-refractivity contribution >= 4 is 23.2 Å². The molecule has 4 rings (SSSR count). The Morgan fingerprint density at radius 1 is 1.17 bits per heavy atom. The standard InChI is InChI=1S/C21H22N2O7/c1-23(2)11-3-4-12(24)15-10(11)6-8-5-9-7-13(25)16(20(22)29)19(28)21(9,30)18(27)14(8)17(15)26/h3-4,8-9,24-25,27,30H,5-7H2,1-2H3,(H2,22,29)/t8-,9+,21+/m1/s1. The third-order valence-corrected chi connectivity index (χ3v) is 6.40. The lowest BCUT2D eigenvalue weighted by Crippen LogP contribution is -2.57. The molecule has 158 valence electrons. The number of rotatable bonds is 2. The highest BCUT2D eigenvalue weighted by atomic mass is 16.3. The summed E-state index contributed by atoms with van der Waals surface area (Å²) in [6.07, 6.45) is 0.164. The van der Waals surface area contributed by atoms with Gasteiger partial charge in [-0.25, -0.2) is 0 Å². The Morgan fingerprint density at radius 2 is 1.83 bits per heavy atom. The normalized spacial score (nSPS) is 28.1. The average Bonchev–Trinajstić information content (AvgIpc) is 2.64. The van der Waals surface area contributed by atoms with Gasteiger partial charge in [0.15, 0.2) is 11.4 Å². The summed E-state index contributed by atoms with van der Waals surface area (Å²) in [5.74, 6) is -6.24. The zero-order chi connectivity index (χ0) is 22.1. The van der Waals surface area contributed by atoms with Gasteiger partial charge in [0.2, 0.25) is 5.78 Å². The zero-order valence-corrected chi connectivity index (χ0v) is 16.5. The van der Waals surface area contributed by atoms with Crippen LogP contribution in [0.3, 0.4) is 0 Å². The highest BCUT2D eigenvalue weighted by Crippen LogP contribution is 2.52. The quantitative estimate of drug-likeness (QED) is 0.441. The van der Waals surface area contributed by atoms with Crippen molar-refractivity contribution in [1.29, 1.82) is 0 Å². The number of carbonyl (C=O) groups excluding carboxylic acids is 3. The summed E-state index contributed by atoms with van der Waals surface area (Å²) < 4.78 is 0. The van der Waals surface area contributed by atoms with Crippen LogP contribution in [0, 0.1) is 11.8 Å². The molecule has 0 bridgehead atoms. The maximum absolute atomic E-state index is 13.3. The van der Waals surface area contributed by atoms with Gasteiger partial charge < -0.3 is 31.1 Å². The van der Waals surface area contributed by atoms with Gasteiger partial charge >= 0.3 is 0 Å². The number of ketones is 2. The van der Waals surface area contributed by atoms with Crippen molar-refractivity contribution in [2.75, 3.05) is 19.0 Å². The minimum absolute atomic E-state index is 0.0119. The number of benzene rings is 1. The number of allylic oxidation sites excluding steroid dienone is 2. The Balaban J connectivity index is 1.92. The number of aromatic hydroxyl groups is 1. The number of hydrogen-bond acceptors (Lipinski definition) is 8. The van der Waals surface area contributed by atoms with E-state index in [0.29, 0.717) is 5.56 Å².